The fourth-order valence-electron chi connectivity index (χ4n) is 10.3. The minimum absolute atomic E-state index is 0.574. The van der Waals surface area contributed by atoms with Crippen molar-refractivity contribution in [1.29, 1.82) is 0 Å². The van der Waals surface area contributed by atoms with Crippen molar-refractivity contribution < 1.29 is 0 Å². The van der Waals surface area contributed by atoms with Gasteiger partial charge in [-0.15, -0.1) is 0 Å². The third-order valence-corrected chi connectivity index (χ3v) is 12.2. The van der Waals surface area contributed by atoms with Gasteiger partial charge in [-0.05, 0) is 76.9 Å². The molecule has 0 amide bonds. The van der Waals surface area contributed by atoms with Crippen molar-refractivity contribution in [2.75, 3.05) is 0 Å². The summed E-state index contributed by atoms with van der Waals surface area (Å²) in [7, 11) is 0. The number of hydrogen-bond acceptors (Lipinski definition) is 1. The fraction of sp³-hybridized carbons (Fsp3) is 0.0200. The van der Waals surface area contributed by atoms with Crippen molar-refractivity contribution >= 4 is 54.6 Å². The number of hydrogen-bond donors (Lipinski definition) is 0. The molecular weight excluding hydrogens is 657 g/mol. The molecule has 54 heavy (non-hydrogen) atoms. The highest BCUT2D eigenvalue weighted by Crippen LogP contribution is 2.61. The molecule has 0 radical (unpaired) electrons. The first-order chi connectivity index (χ1) is 26.8. The fourth-order valence-corrected chi connectivity index (χ4v) is 10.3. The van der Waals surface area contributed by atoms with Gasteiger partial charge in [0.2, 0.25) is 0 Å². The second-order valence-electron chi connectivity index (χ2n) is 14.7. The number of benzene rings is 8. The van der Waals surface area contributed by atoms with Crippen LogP contribution in [0.3, 0.4) is 0 Å². The molecule has 0 saturated carbocycles. The Labute approximate surface area is 310 Å². The van der Waals surface area contributed by atoms with Crippen molar-refractivity contribution in [2.24, 2.45) is 0 Å². The molecular formula is C50H30N4. The van der Waals surface area contributed by atoms with E-state index in [1.807, 2.05) is 0 Å². The summed E-state index contributed by atoms with van der Waals surface area (Å²) in [6, 6.07) is 66.7. The Kier molecular flexibility index (Phi) is 5.28. The highest BCUT2D eigenvalue weighted by atomic mass is 15.1. The lowest BCUT2D eigenvalue weighted by molar-refractivity contribution is 0.737. The highest BCUT2D eigenvalue weighted by Gasteiger charge is 2.54. The van der Waals surface area contributed by atoms with E-state index in [2.05, 4.69) is 196 Å². The van der Waals surface area contributed by atoms with Crippen LogP contribution in [0, 0.1) is 0 Å². The maximum absolute atomic E-state index is 5.49. The van der Waals surface area contributed by atoms with Crippen LogP contribution in [-0.2, 0) is 5.41 Å². The third kappa shape index (κ3) is 3.25. The maximum Gasteiger partial charge on any atom is 0.134 e. The van der Waals surface area contributed by atoms with E-state index in [1.54, 1.807) is 0 Å². The van der Waals surface area contributed by atoms with Crippen LogP contribution in [-0.4, -0.2) is 18.7 Å². The Balaban J connectivity index is 1.22. The molecule has 11 aromatic rings. The van der Waals surface area contributed by atoms with Crippen LogP contribution in [0.25, 0.3) is 82.8 Å². The zero-order valence-corrected chi connectivity index (χ0v) is 29.1. The number of aromatic nitrogens is 4. The molecule has 0 fully saturated rings. The van der Waals surface area contributed by atoms with Gasteiger partial charge in [0.05, 0.1) is 44.5 Å². The molecule has 4 heterocycles. The van der Waals surface area contributed by atoms with E-state index < -0.39 is 5.41 Å². The predicted octanol–water partition coefficient (Wildman–Crippen LogP) is 11.9. The Morgan fingerprint density at radius 3 is 1.91 bits per heavy atom. The smallest absolute Gasteiger partial charge is 0.134 e. The number of para-hydroxylation sites is 6. The van der Waals surface area contributed by atoms with Gasteiger partial charge in [-0.3, -0.25) is 4.57 Å². The number of imidazole rings is 1. The van der Waals surface area contributed by atoms with Gasteiger partial charge >= 0.3 is 0 Å². The van der Waals surface area contributed by atoms with Crippen molar-refractivity contribution in [3.63, 3.8) is 0 Å². The number of nitrogens with zero attached hydrogens (tertiary/aromatic N) is 4. The van der Waals surface area contributed by atoms with E-state index in [0.29, 0.717) is 0 Å². The largest absolute Gasteiger partial charge is 0.309 e. The summed E-state index contributed by atoms with van der Waals surface area (Å²) in [6.07, 6.45) is 0. The van der Waals surface area contributed by atoms with Crippen LogP contribution in [0.4, 0.5) is 0 Å². The van der Waals surface area contributed by atoms with Crippen LogP contribution in [0.2, 0.25) is 0 Å². The summed E-state index contributed by atoms with van der Waals surface area (Å²) < 4.78 is 7.39. The molecule has 13 rings (SSSR count). The lowest BCUT2D eigenvalue weighted by atomic mass is 9.73. The van der Waals surface area contributed by atoms with E-state index in [1.165, 1.54) is 82.8 Å². The standard InChI is InChI=1S/C50H30N4/c1-2-15-31(16-3-1)52-41-25-11-6-19-35(41)47-45(52)30-29-33-32-17-5-10-24-40(32)53(48(33)47)44-28-14-22-38-46(44)34-18-4-7-20-36(34)50(38)37-21-8-12-26-42(37)54-43-27-13-9-23-39(43)51-49(50)54/h1-30H. The molecule has 0 saturated heterocycles. The molecule has 1 atom stereocenters. The lowest BCUT2D eigenvalue weighted by Crippen LogP contribution is -2.27. The summed E-state index contributed by atoms with van der Waals surface area (Å²) >= 11 is 0. The van der Waals surface area contributed by atoms with E-state index in [9.17, 15) is 0 Å². The topological polar surface area (TPSA) is 27.7 Å². The second kappa shape index (κ2) is 10.0. The summed E-state index contributed by atoms with van der Waals surface area (Å²) in [5, 5.41) is 5.00. The predicted molar refractivity (Wildman–Crippen MR) is 221 cm³/mol. The van der Waals surface area contributed by atoms with Crippen LogP contribution in [0.15, 0.2) is 182 Å². The zero-order valence-electron chi connectivity index (χ0n) is 29.1. The van der Waals surface area contributed by atoms with Gasteiger partial charge in [0.25, 0.3) is 0 Å². The monoisotopic (exact) mass is 686 g/mol. The number of rotatable bonds is 2. The van der Waals surface area contributed by atoms with Gasteiger partial charge in [-0.2, -0.15) is 0 Å². The molecule has 4 heteroatoms. The van der Waals surface area contributed by atoms with Crippen molar-refractivity contribution in [3.05, 3.63) is 205 Å². The van der Waals surface area contributed by atoms with Crippen molar-refractivity contribution in [1.82, 2.24) is 18.7 Å². The molecule has 250 valence electrons. The maximum atomic E-state index is 5.49. The van der Waals surface area contributed by atoms with Crippen molar-refractivity contribution in [3.8, 4) is 28.2 Å². The van der Waals surface area contributed by atoms with Gasteiger partial charge in [-0.25, -0.2) is 4.98 Å². The Hall–Kier alpha value is -7.17. The molecule has 3 aromatic heterocycles. The van der Waals surface area contributed by atoms with Crippen LogP contribution in [0.5, 0.6) is 0 Å². The van der Waals surface area contributed by atoms with Gasteiger partial charge in [0, 0.05) is 32.8 Å². The summed E-state index contributed by atoms with van der Waals surface area (Å²) in [5.41, 5.74) is 16.3. The van der Waals surface area contributed by atoms with Gasteiger partial charge in [0.1, 0.15) is 11.2 Å². The van der Waals surface area contributed by atoms with Crippen LogP contribution in [0.1, 0.15) is 22.5 Å². The second-order valence-corrected chi connectivity index (χ2v) is 14.7. The van der Waals surface area contributed by atoms with E-state index >= 15 is 0 Å². The molecule has 4 nitrogen and oxygen atoms in total. The van der Waals surface area contributed by atoms with E-state index in [-0.39, 0.29) is 0 Å². The minimum Gasteiger partial charge on any atom is -0.309 e. The normalized spacial score (nSPS) is 15.5. The first-order valence-corrected chi connectivity index (χ1v) is 18.7. The SMILES string of the molecule is c1ccc(-n2c3ccccc3c3c2ccc2c4ccccc4n(-c4cccc5c4-c4ccccc4C54c5ccccc5-n5c4nc4ccccc45)c23)cc1. The van der Waals surface area contributed by atoms with Gasteiger partial charge < -0.3 is 9.13 Å². The summed E-state index contributed by atoms with van der Waals surface area (Å²) in [5.74, 6) is 1.06. The quantitative estimate of drug-likeness (QED) is 0.178. The lowest BCUT2D eigenvalue weighted by Gasteiger charge is -2.27. The third-order valence-electron chi connectivity index (χ3n) is 12.2. The molecule has 1 aliphatic carbocycles. The molecule has 8 aromatic carbocycles. The van der Waals surface area contributed by atoms with Crippen molar-refractivity contribution in [2.45, 2.75) is 5.41 Å². The van der Waals surface area contributed by atoms with Gasteiger partial charge in [-0.1, -0.05) is 127 Å². The highest BCUT2D eigenvalue weighted by molar-refractivity contribution is 6.26. The first kappa shape index (κ1) is 28.4. The Morgan fingerprint density at radius 2 is 1.04 bits per heavy atom. The summed E-state index contributed by atoms with van der Waals surface area (Å²) in [4.78, 5) is 5.49. The summed E-state index contributed by atoms with van der Waals surface area (Å²) in [6.45, 7) is 0. The molecule has 0 N–H and O–H groups in total. The molecule has 0 bridgehead atoms. The first-order valence-electron chi connectivity index (χ1n) is 18.7. The molecule has 1 aliphatic heterocycles. The Morgan fingerprint density at radius 1 is 0.389 bits per heavy atom. The average molecular weight is 687 g/mol. The van der Waals surface area contributed by atoms with Gasteiger partial charge in [0.15, 0.2) is 0 Å². The molecule has 2 aliphatic rings. The number of fused-ring (bicyclic) bond motifs is 19. The van der Waals surface area contributed by atoms with E-state index in [0.717, 1.165) is 22.5 Å². The molecule has 1 unspecified atom stereocenters. The van der Waals surface area contributed by atoms with Crippen LogP contribution < -0.4 is 0 Å². The van der Waals surface area contributed by atoms with E-state index in [4.69, 9.17) is 4.98 Å². The zero-order chi connectivity index (χ0) is 35.1. The van der Waals surface area contributed by atoms with Crippen LogP contribution >= 0.6 is 0 Å². The molecule has 1 spiro atoms. The average Bonchev–Trinajstić information content (AvgIpc) is 4.01. The minimum atomic E-state index is -0.574. The Bertz CT molecular complexity index is 3400.